The number of aromatic nitrogens is 1. The summed E-state index contributed by atoms with van der Waals surface area (Å²) in [4.78, 5) is 18.5. The zero-order valence-electron chi connectivity index (χ0n) is 15.9. The van der Waals surface area contributed by atoms with Crippen molar-refractivity contribution in [3.8, 4) is 28.5 Å². The number of ether oxygens (including phenoxy) is 3. The maximum Gasteiger partial charge on any atom is 0.257 e. The Morgan fingerprint density at radius 2 is 1.82 bits per heavy atom. The van der Waals surface area contributed by atoms with Crippen molar-refractivity contribution in [2.24, 2.45) is 0 Å². The van der Waals surface area contributed by atoms with Gasteiger partial charge in [0.2, 0.25) is 0 Å². The molecule has 0 atom stereocenters. The van der Waals surface area contributed by atoms with E-state index in [-0.39, 0.29) is 5.91 Å². The summed E-state index contributed by atoms with van der Waals surface area (Å²) in [7, 11) is 4.77. The molecular formula is C21H20N2O4S. The van der Waals surface area contributed by atoms with Crippen LogP contribution in [0.2, 0.25) is 0 Å². The average molecular weight is 396 g/mol. The lowest BCUT2D eigenvalue weighted by atomic mass is 9.93. The highest BCUT2D eigenvalue weighted by Gasteiger charge is 2.22. The smallest absolute Gasteiger partial charge is 0.257 e. The number of aryl methyl sites for hydroxylation is 2. The molecule has 0 bridgehead atoms. The zero-order chi connectivity index (χ0) is 19.7. The molecule has 2 aromatic carbocycles. The third kappa shape index (κ3) is 3.29. The predicted molar refractivity (Wildman–Crippen MR) is 109 cm³/mol. The molecule has 0 fully saturated rings. The minimum atomic E-state index is -0.234. The van der Waals surface area contributed by atoms with Crippen LogP contribution in [0.4, 0.5) is 5.13 Å². The fourth-order valence-electron chi connectivity index (χ4n) is 3.31. The molecule has 1 aliphatic rings. The third-order valence-corrected chi connectivity index (χ3v) is 5.78. The Kier molecular flexibility index (Phi) is 4.92. The summed E-state index contributed by atoms with van der Waals surface area (Å²) in [6.45, 7) is 0. The number of anilines is 1. The number of amides is 1. The number of carbonyl (C=O) groups excluding carboxylic acids is 1. The first-order valence-corrected chi connectivity index (χ1v) is 9.65. The van der Waals surface area contributed by atoms with Crippen molar-refractivity contribution in [1.29, 1.82) is 0 Å². The first-order chi connectivity index (χ1) is 13.6. The van der Waals surface area contributed by atoms with Crippen LogP contribution < -0.4 is 19.5 Å². The number of nitrogens with one attached hydrogen (secondary N) is 1. The molecule has 0 saturated carbocycles. The maximum absolute atomic E-state index is 12.7. The summed E-state index contributed by atoms with van der Waals surface area (Å²) in [6.07, 6.45) is 1.84. The lowest BCUT2D eigenvalue weighted by Crippen LogP contribution is -2.12. The van der Waals surface area contributed by atoms with Gasteiger partial charge in [-0.25, -0.2) is 4.98 Å². The standard InChI is InChI=1S/C21H20N2O4S/c1-25-14-6-7-15-12(10-14)5-9-18-19(15)22-21(28-18)23-20(24)13-4-8-16(26-2)17(11-13)27-3/h4,6-8,10-11H,5,9H2,1-3H3,(H,22,23,24). The van der Waals surface area contributed by atoms with E-state index in [0.29, 0.717) is 22.2 Å². The van der Waals surface area contributed by atoms with Gasteiger partial charge in [0.1, 0.15) is 5.75 Å². The van der Waals surface area contributed by atoms with E-state index in [1.54, 1.807) is 39.5 Å². The van der Waals surface area contributed by atoms with Crippen LogP contribution in [0.3, 0.4) is 0 Å². The quantitative estimate of drug-likeness (QED) is 0.700. The molecule has 1 aromatic heterocycles. The first-order valence-electron chi connectivity index (χ1n) is 8.83. The van der Waals surface area contributed by atoms with Crippen molar-refractivity contribution < 1.29 is 19.0 Å². The fourth-order valence-corrected chi connectivity index (χ4v) is 4.29. The van der Waals surface area contributed by atoms with Crippen LogP contribution in [0, 0.1) is 0 Å². The first kappa shape index (κ1) is 18.3. The van der Waals surface area contributed by atoms with Gasteiger partial charge in [0, 0.05) is 16.0 Å². The van der Waals surface area contributed by atoms with Gasteiger partial charge in [-0.3, -0.25) is 10.1 Å². The minimum Gasteiger partial charge on any atom is -0.497 e. The fraction of sp³-hybridized carbons (Fsp3) is 0.238. The van der Waals surface area contributed by atoms with Crippen molar-refractivity contribution in [3.63, 3.8) is 0 Å². The Balaban J connectivity index is 1.59. The molecule has 0 saturated heterocycles. The molecule has 1 N–H and O–H groups in total. The lowest BCUT2D eigenvalue weighted by Gasteiger charge is -2.15. The number of methoxy groups -OCH3 is 3. The van der Waals surface area contributed by atoms with Gasteiger partial charge in [0.05, 0.1) is 27.0 Å². The van der Waals surface area contributed by atoms with Gasteiger partial charge < -0.3 is 14.2 Å². The molecule has 0 aliphatic heterocycles. The van der Waals surface area contributed by atoms with Gasteiger partial charge in [0.25, 0.3) is 5.91 Å². The Morgan fingerprint density at radius 3 is 2.57 bits per heavy atom. The molecule has 28 heavy (non-hydrogen) atoms. The monoisotopic (exact) mass is 396 g/mol. The van der Waals surface area contributed by atoms with E-state index in [1.165, 1.54) is 21.8 Å². The molecule has 7 heteroatoms. The molecule has 4 rings (SSSR count). The van der Waals surface area contributed by atoms with Gasteiger partial charge in [-0.15, -0.1) is 11.3 Å². The largest absolute Gasteiger partial charge is 0.497 e. The number of hydrogen-bond acceptors (Lipinski definition) is 6. The minimum absolute atomic E-state index is 0.234. The number of nitrogens with zero attached hydrogens (tertiary/aromatic N) is 1. The number of rotatable bonds is 5. The lowest BCUT2D eigenvalue weighted by molar-refractivity contribution is 0.102. The van der Waals surface area contributed by atoms with Crippen LogP contribution in [0.1, 0.15) is 20.8 Å². The van der Waals surface area contributed by atoms with Gasteiger partial charge in [0.15, 0.2) is 16.6 Å². The van der Waals surface area contributed by atoms with Crippen LogP contribution in [-0.4, -0.2) is 32.2 Å². The Morgan fingerprint density at radius 1 is 1.00 bits per heavy atom. The van der Waals surface area contributed by atoms with Crippen molar-refractivity contribution in [2.75, 3.05) is 26.6 Å². The highest BCUT2D eigenvalue weighted by atomic mass is 32.1. The topological polar surface area (TPSA) is 69.7 Å². The van der Waals surface area contributed by atoms with E-state index in [9.17, 15) is 4.79 Å². The van der Waals surface area contributed by atoms with Gasteiger partial charge in [-0.1, -0.05) is 0 Å². The molecular weight excluding hydrogens is 376 g/mol. The second kappa shape index (κ2) is 7.52. The van der Waals surface area contributed by atoms with E-state index in [4.69, 9.17) is 14.2 Å². The maximum atomic E-state index is 12.7. The van der Waals surface area contributed by atoms with E-state index >= 15 is 0 Å². The molecule has 6 nitrogen and oxygen atoms in total. The molecule has 1 aliphatic carbocycles. The van der Waals surface area contributed by atoms with Crippen molar-refractivity contribution >= 4 is 22.4 Å². The second-order valence-corrected chi connectivity index (χ2v) is 7.42. The van der Waals surface area contributed by atoms with E-state index in [0.717, 1.165) is 29.8 Å². The number of carbonyl (C=O) groups is 1. The number of thiazole rings is 1. The molecule has 1 heterocycles. The summed E-state index contributed by atoms with van der Waals surface area (Å²) in [6, 6.07) is 11.1. The summed E-state index contributed by atoms with van der Waals surface area (Å²) in [5.74, 6) is 1.70. The number of benzene rings is 2. The molecule has 3 aromatic rings. The summed E-state index contributed by atoms with van der Waals surface area (Å²) >= 11 is 1.52. The van der Waals surface area contributed by atoms with Crippen LogP contribution >= 0.6 is 11.3 Å². The second-order valence-electron chi connectivity index (χ2n) is 6.34. The normalized spacial score (nSPS) is 12.0. The van der Waals surface area contributed by atoms with Crippen molar-refractivity contribution in [2.45, 2.75) is 12.8 Å². The number of fused-ring (bicyclic) bond motifs is 3. The summed E-state index contributed by atoms with van der Waals surface area (Å²) in [5.41, 5.74) is 3.74. The van der Waals surface area contributed by atoms with E-state index < -0.39 is 0 Å². The Labute approximate surface area is 167 Å². The van der Waals surface area contributed by atoms with Gasteiger partial charge in [-0.2, -0.15) is 0 Å². The zero-order valence-corrected chi connectivity index (χ0v) is 16.7. The van der Waals surface area contributed by atoms with Crippen LogP contribution in [0.15, 0.2) is 36.4 Å². The Hall–Kier alpha value is -3.06. The SMILES string of the molecule is COc1ccc2c(c1)CCc1sc(NC(=O)c3ccc(OC)c(OC)c3)nc1-2. The Bertz CT molecular complexity index is 1040. The van der Waals surface area contributed by atoms with Crippen LogP contribution in [0.25, 0.3) is 11.3 Å². The van der Waals surface area contributed by atoms with Crippen molar-refractivity contribution in [1.82, 2.24) is 4.98 Å². The van der Waals surface area contributed by atoms with Crippen LogP contribution in [0.5, 0.6) is 17.2 Å². The molecule has 144 valence electrons. The average Bonchev–Trinajstić information content (AvgIpc) is 3.15. The third-order valence-electron chi connectivity index (χ3n) is 4.75. The highest BCUT2D eigenvalue weighted by Crippen LogP contribution is 2.39. The van der Waals surface area contributed by atoms with E-state index in [1.807, 2.05) is 12.1 Å². The molecule has 0 radical (unpaired) electrons. The molecule has 0 unspecified atom stereocenters. The number of hydrogen-bond donors (Lipinski definition) is 1. The van der Waals surface area contributed by atoms with Gasteiger partial charge in [-0.05, 0) is 54.8 Å². The molecule has 1 amide bonds. The summed E-state index contributed by atoms with van der Waals surface area (Å²) in [5, 5.41) is 3.50. The highest BCUT2D eigenvalue weighted by molar-refractivity contribution is 7.16. The summed E-state index contributed by atoms with van der Waals surface area (Å²) < 4.78 is 15.8. The van der Waals surface area contributed by atoms with Gasteiger partial charge >= 0.3 is 0 Å². The molecule has 0 spiro atoms. The van der Waals surface area contributed by atoms with Crippen LogP contribution in [-0.2, 0) is 12.8 Å². The van der Waals surface area contributed by atoms with E-state index in [2.05, 4.69) is 16.4 Å². The van der Waals surface area contributed by atoms with Crippen molar-refractivity contribution in [3.05, 3.63) is 52.4 Å². The predicted octanol–water partition coefficient (Wildman–Crippen LogP) is 4.19.